The molecule has 2 aliphatic rings. The number of unbranched alkanes of at least 4 members (excludes halogenated alkanes) is 1. The molecule has 1 aliphatic heterocycles. The van der Waals surface area contributed by atoms with Crippen LogP contribution in [0.25, 0.3) is 0 Å². The lowest BCUT2D eigenvalue weighted by Crippen LogP contribution is -2.47. The maximum Gasteiger partial charge on any atom is 0.303 e. The molecular weight excluding hydrogens is 502 g/mol. The van der Waals surface area contributed by atoms with Crippen LogP contribution in [-0.4, -0.2) is 46.3 Å². The lowest BCUT2D eigenvalue weighted by Gasteiger charge is -2.43. The zero-order valence-electron chi connectivity index (χ0n) is 24.0. The third kappa shape index (κ3) is 7.00. The van der Waals surface area contributed by atoms with Crippen LogP contribution < -0.4 is 5.73 Å². The molecule has 7 heteroatoms. The standard InChI is InChI=1S/C33H41N3O4/c1-22(23-12-6-5-7-13-23)27(15-9-11-17-31(37)38)35-28-20-24(18-19-26(28)34)32(39)36(4)29-21-33(2,3)40-30-16-10-8-14-25(29)30/h5-8,12-14,18-20,22,29H,9-11,15-17,21,34H2,1-4H3,(H,37,38). The number of anilines is 1. The number of carboxylic acids is 1. The minimum atomic E-state index is -0.798. The van der Waals surface area contributed by atoms with Gasteiger partial charge in [0.1, 0.15) is 11.4 Å². The smallest absolute Gasteiger partial charge is 0.303 e. The summed E-state index contributed by atoms with van der Waals surface area (Å²) < 4.78 is 6.26. The molecule has 0 radical (unpaired) electrons. The highest BCUT2D eigenvalue weighted by atomic mass is 16.5. The Morgan fingerprint density at radius 2 is 1.88 bits per heavy atom. The Hall–Kier alpha value is -3.87. The predicted octanol–water partition coefficient (Wildman–Crippen LogP) is 7.03. The van der Waals surface area contributed by atoms with Crippen molar-refractivity contribution in [3.05, 3.63) is 83.1 Å². The number of likely N-dealkylation sites (N-methyl/N-ethyl adjacent to an activating group) is 1. The summed E-state index contributed by atoms with van der Waals surface area (Å²) in [6.07, 6.45) is 8.78. The molecule has 1 amide bonds. The lowest BCUT2D eigenvalue weighted by atomic mass is 9.85. The fourth-order valence-corrected chi connectivity index (χ4v) is 5.52. The SMILES string of the molecule is CC(C(CCCCC(=O)O)=Nc1cc(C(=O)N(C)C2CC(C)(C)OC3=C2C=CCC3)ccc1N)c1ccccc1. The lowest BCUT2D eigenvalue weighted by molar-refractivity contribution is -0.137. The maximum absolute atomic E-state index is 13.8. The van der Waals surface area contributed by atoms with E-state index in [1.807, 2.05) is 30.1 Å². The first-order valence-corrected chi connectivity index (χ1v) is 14.1. The number of ether oxygens (including phenoxy) is 1. The quantitative estimate of drug-likeness (QED) is 0.190. The van der Waals surface area contributed by atoms with E-state index in [1.165, 1.54) is 0 Å². The number of allylic oxidation sites excluding steroid dienone is 2. The fraction of sp³-hybridized carbons (Fsp3) is 0.424. The fourth-order valence-electron chi connectivity index (χ4n) is 5.52. The second kappa shape index (κ2) is 12.5. The van der Waals surface area contributed by atoms with Gasteiger partial charge in [0.05, 0.1) is 17.4 Å². The third-order valence-electron chi connectivity index (χ3n) is 7.80. The summed E-state index contributed by atoms with van der Waals surface area (Å²) in [5.74, 6) is 0.103. The number of hydrogen-bond acceptors (Lipinski definition) is 5. The second-order valence-corrected chi connectivity index (χ2v) is 11.4. The Balaban J connectivity index is 1.62. The van der Waals surface area contributed by atoms with Gasteiger partial charge in [0, 0.05) is 49.1 Å². The Morgan fingerprint density at radius 1 is 1.15 bits per heavy atom. The van der Waals surface area contributed by atoms with Crippen molar-refractivity contribution in [3.63, 3.8) is 0 Å². The largest absolute Gasteiger partial charge is 0.492 e. The number of nitrogens with zero attached hydrogens (tertiary/aromatic N) is 2. The molecule has 2 aromatic rings. The molecular formula is C33H41N3O4. The highest BCUT2D eigenvalue weighted by molar-refractivity contribution is 5.98. The second-order valence-electron chi connectivity index (χ2n) is 11.4. The number of nitrogens with two attached hydrogens (primary N) is 1. The van der Waals surface area contributed by atoms with E-state index in [0.717, 1.165) is 35.4 Å². The van der Waals surface area contributed by atoms with Gasteiger partial charge in [-0.15, -0.1) is 0 Å². The highest BCUT2D eigenvalue weighted by Gasteiger charge is 2.38. The molecule has 0 fully saturated rings. The molecule has 1 heterocycles. The van der Waals surface area contributed by atoms with Crippen molar-refractivity contribution in [1.29, 1.82) is 0 Å². The van der Waals surface area contributed by atoms with Crippen molar-refractivity contribution >= 4 is 29.0 Å². The maximum atomic E-state index is 13.8. The summed E-state index contributed by atoms with van der Waals surface area (Å²) in [6.45, 7) is 6.24. The van der Waals surface area contributed by atoms with E-state index in [4.69, 9.17) is 20.6 Å². The third-order valence-corrected chi connectivity index (χ3v) is 7.80. The molecule has 0 aromatic heterocycles. The number of rotatable bonds is 10. The van der Waals surface area contributed by atoms with E-state index >= 15 is 0 Å². The van der Waals surface area contributed by atoms with E-state index in [0.29, 0.717) is 42.6 Å². The number of aliphatic imine (C=N–C) groups is 1. The van der Waals surface area contributed by atoms with Gasteiger partial charge in [-0.25, -0.2) is 0 Å². The predicted molar refractivity (Wildman–Crippen MR) is 160 cm³/mol. The van der Waals surface area contributed by atoms with Crippen molar-refractivity contribution < 1.29 is 19.4 Å². The molecule has 1 aliphatic carbocycles. The number of carboxylic acid groups (broad SMARTS) is 1. The van der Waals surface area contributed by atoms with Crippen LogP contribution in [0.3, 0.4) is 0 Å². The molecule has 0 bridgehead atoms. The van der Waals surface area contributed by atoms with Gasteiger partial charge in [0.2, 0.25) is 0 Å². The van der Waals surface area contributed by atoms with Gasteiger partial charge in [0.15, 0.2) is 0 Å². The summed E-state index contributed by atoms with van der Waals surface area (Å²) >= 11 is 0. The van der Waals surface area contributed by atoms with Gasteiger partial charge in [-0.1, -0.05) is 49.4 Å². The molecule has 4 rings (SSSR count). The van der Waals surface area contributed by atoms with Gasteiger partial charge in [0.25, 0.3) is 5.91 Å². The van der Waals surface area contributed by atoms with E-state index in [9.17, 15) is 9.59 Å². The van der Waals surface area contributed by atoms with Crippen molar-refractivity contribution in [1.82, 2.24) is 4.90 Å². The molecule has 40 heavy (non-hydrogen) atoms. The van der Waals surface area contributed by atoms with Gasteiger partial charge in [-0.2, -0.15) is 0 Å². The highest BCUT2D eigenvalue weighted by Crippen LogP contribution is 2.39. The van der Waals surface area contributed by atoms with E-state index in [-0.39, 0.29) is 29.9 Å². The monoisotopic (exact) mass is 543 g/mol. The number of carbonyl (C=O) groups excluding carboxylic acids is 1. The molecule has 2 atom stereocenters. The molecule has 0 saturated carbocycles. The molecule has 7 nitrogen and oxygen atoms in total. The zero-order chi connectivity index (χ0) is 28.9. The first-order valence-electron chi connectivity index (χ1n) is 14.1. The summed E-state index contributed by atoms with van der Waals surface area (Å²) in [7, 11) is 1.85. The Bertz CT molecular complexity index is 1330. The average molecular weight is 544 g/mol. The number of aliphatic carboxylic acids is 1. The summed E-state index contributed by atoms with van der Waals surface area (Å²) in [5, 5.41) is 9.06. The number of nitrogen functional groups attached to an aromatic ring is 1. The zero-order valence-corrected chi connectivity index (χ0v) is 24.0. The van der Waals surface area contributed by atoms with Crippen LogP contribution in [0.15, 0.2) is 77.0 Å². The van der Waals surface area contributed by atoms with Crippen LogP contribution in [0.2, 0.25) is 0 Å². The van der Waals surface area contributed by atoms with Crippen LogP contribution in [0, 0.1) is 0 Å². The molecule has 2 unspecified atom stereocenters. The number of benzene rings is 2. The Kier molecular flexibility index (Phi) is 9.13. The number of carbonyl (C=O) groups is 2. The number of hydrogen-bond donors (Lipinski definition) is 2. The summed E-state index contributed by atoms with van der Waals surface area (Å²) in [5.41, 5.74) is 10.7. The summed E-state index contributed by atoms with van der Waals surface area (Å²) in [4.78, 5) is 31.6. The summed E-state index contributed by atoms with van der Waals surface area (Å²) in [6, 6.07) is 15.3. The number of amides is 1. The van der Waals surface area contributed by atoms with Crippen LogP contribution in [0.5, 0.6) is 0 Å². The van der Waals surface area contributed by atoms with Gasteiger partial charge in [-0.3, -0.25) is 14.6 Å². The van der Waals surface area contributed by atoms with E-state index in [2.05, 4.69) is 45.1 Å². The van der Waals surface area contributed by atoms with Crippen LogP contribution in [0.1, 0.15) is 87.6 Å². The van der Waals surface area contributed by atoms with Crippen LogP contribution in [-0.2, 0) is 9.53 Å². The molecule has 3 N–H and O–H groups in total. The average Bonchev–Trinajstić information content (AvgIpc) is 2.93. The first kappa shape index (κ1) is 29.1. The van der Waals surface area contributed by atoms with Crippen molar-refractivity contribution in [3.8, 4) is 0 Å². The van der Waals surface area contributed by atoms with E-state index in [1.54, 1.807) is 18.2 Å². The minimum absolute atomic E-state index is 0.0142. The van der Waals surface area contributed by atoms with Crippen LogP contribution >= 0.6 is 0 Å². The molecule has 2 aromatic carbocycles. The molecule has 0 spiro atoms. The van der Waals surface area contributed by atoms with Crippen LogP contribution in [0.4, 0.5) is 11.4 Å². The minimum Gasteiger partial charge on any atom is -0.492 e. The van der Waals surface area contributed by atoms with Gasteiger partial charge >= 0.3 is 5.97 Å². The van der Waals surface area contributed by atoms with Gasteiger partial charge in [-0.05, 0) is 63.3 Å². The normalized spacial score (nSPS) is 19.0. The first-order chi connectivity index (χ1) is 19.1. The van der Waals surface area contributed by atoms with Crippen molar-refractivity contribution in [2.45, 2.75) is 83.3 Å². The Morgan fingerprint density at radius 3 is 2.60 bits per heavy atom. The Labute approximate surface area is 237 Å². The van der Waals surface area contributed by atoms with Crippen molar-refractivity contribution in [2.24, 2.45) is 4.99 Å². The van der Waals surface area contributed by atoms with Gasteiger partial charge < -0.3 is 20.5 Å². The van der Waals surface area contributed by atoms with Crippen molar-refractivity contribution in [2.75, 3.05) is 12.8 Å². The van der Waals surface area contributed by atoms with E-state index < -0.39 is 5.97 Å². The molecule has 212 valence electrons. The topological polar surface area (TPSA) is 105 Å². The molecule has 0 saturated heterocycles.